The molecule has 0 radical (unpaired) electrons. The number of hydrogen-bond acceptors (Lipinski definition) is 4. The van der Waals surface area contributed by atoms with Crippen molar-refractivity contribution < 1.29 is 17.9 Å². The van der Waals surface area contributed by atoms with Crippen LogP contribution >= 0.6 is 11.6 Å². The molecule has 0 aliphatic carbocycles. The number of sulfonamides is 1. The van der Waals surface area contributed by atoms with E-state index in [1.54, 1.807) is 37.3 Å². The zero-order chi connectivity index (χ0) is 18.6. The van der Waals surface area contributed by atoms with Gasteiger partial charge in [0.1, 0.15) is 5.75 Å². The number of amides is 1. The van der Waals surface area contributed by atoms with E-state index < -0.39 is 15.9 Å². The van der Waals surface area contributed by atoms with E-state index in [0.717, 1.165) is 5.56 Å². The molecule has 2 rings (SSSR count). The van der Waals surface area contributed by atoms with Crippen LogP contribution in [0.2, 0.25) is 5.02 Å². The molecule has 0 spiro atoms. The van der Waals surface area contributed by atoms with E-state index in [9.17, 15) is 13.2 Å². The summed E-state index contributed by atoms with van der Waals surface area (Å²) in [6.07, 6.45) is 0. The smallest absolute Gasteiger partial charge is 0.241 e. The monoisotopic (exact) mass is 382 g/mol. The molecule has 0 unspecified atom stereocenters. The first kappa shape index (κ1) is 19.2. The molecule has 0 heterocycles. The number of carbonyl (C=O) groups excluding carboxylic acids is 1. The van der Waals surface area contributed by atoms with Gasteiger partial charge in [-0.1, -0.05) is 17.7 Å². The second-order valence-corrected chi connectivity index (χ2v) is 7.64. The van der Waals surface area contributed by atoms with E-state index in [-0.39, 0.29) is 11.4 Å². The maximum Gasteiger partial charge on any atom is 0.241 e. The summed E-state index contributed by atoms with van der Waals surface area (Å²) in [6.45, 7) is 3.09. The molecule has 2 N–H and O–H groups in total. The molecule has 0 atom stereocenters. The highest BCUT2D eigenvalue weighted by atomic mass is 35.5. The molecule has 0 saturated carbocycles. The highest BCUT2D eigenvalue weighted by Gasteiger charge is 2.18. The van der Waals surface area contributed by atoms with Gasteiger partial charge in [0.25, 0.3) is 0 Å². The van der Waals surface area contributed by atoms with E-state index in [4.69, 9.17) is 16.3 Å². The van der Waals surface area contributed by atoms with Crippen molar-refractivity contribution in [3.05, 3.63) is 52.5 Å². The predicted molar refractivity (Wildman–Crippen MR) is 97.7 cm³/mol. The van der Waals surface area contributed by atoms with E-state index >= 15 is 0 Å². The fraction of sp³-hybridized carbons (Fsp3) is 0.235. The van der Waals surface area contributed by atoms with Crippen molar-refractivity contribution in [3.8, 4) is 5.75 Å². The van der Waals surface area contributed by atoms with Crippen LogP contribution in [0.1, 0.15) is 11.1 Å². The lowest BCUT2D eigenvalue weighted by molar-refractivity contribution is -0.115. The third-order valence-electron chi connectivity index (χ3n) is 3.57. The average molecular weight is 383 g/mol. The number of ether oxygens (including phenoxy) is 1. The third kappa shape index (κ3) is 4.94. The normalized spacial score (nSPS) is 11.2. The van der Waals surface area contributed by atoms with Crippen molar-refractivity contribution in [1.29, 1.82) is 0 Å². The van der Waals surface area contributed by atoms with Gasteiger partial charge >= 0.3 is 0 Å². The number of benzene rings is 2. The van der Waals surface area contributed by atoms with Crippen molar-refractivity contribution in [2.45, 2.75) is 18.7 Å². The molecular formula is C17H19ClN2O4S. The third-order valence-corrected chi connectivity index (χ3v) is 5.36. The number of hydrogen-bond donors (Lipinski definition) is 2. The number of halogens is 1. The van der Waals surface area contributed by atoms with Gasteiger partial charge < -0.3 is 10.1 Å². The molecule has 6 nitrogen and oxygen atoms in total. The Labute approximate surface area is 152 Å². The SMILES string of the molecule is COc1ccc(S(=O)(=O)NCC(=O)Nc2cc(Cl)ccc2C)c(C)c1. The largest absolute Gasteiger partial charge is 0.497 e. The highest BCUT2D eigenvalue weighted by molar-refractivity contribution is 7.89. The van der Waals surface area contributed by atoms with Gasteiger partial charge in [-0.2, -0.15) is 0 Å². The number of nitrogens with one attached hydrogen (secondary N) is 2. The molecular weight excluding hydrogens is 364 g/mol. The van der Waals surface area contributed by atoms with Gasteiger partial charge in [-0.3, -0.25) is 4.79 Å². The summed E-state index contributed by atoms with van der Waals surface area (Å²) < 4.78 is 32.1. The lowest BCUT2D eigenvalue weighted by Crippen LogP contribution is -2.33. The van der Waals surface area contributed by atoms with Gasteiger partial charge in [-0.15, -0.1) is 0 Å². The number of anilines is 1. The Morgan fingerprint density at radius 3 is 2.48 bits per heavy atom. The van der Waals surface area contributed by atoms with Crippen molar-refractivity contribution in [1.82, 2.24) is 4.72 Å². The van der Waals surface area contributed by atoms with Crippen LogP contribution in [0.3, 0.4) is 0 Å². The first-order chi connectivity index (χ1) is 11.7. The predicted octanol–water partition coefficient (Wildman–Crippen LogP) is 2.88. The molecule has 2 aromatic carbocycles. The van der Waals surface area contributed by atoms with Gasteiger partial charge in [-0.25, -0.2) is 13.1 Å². The number of rotatable bonds is 6. The Kier molecular flexibility index (Phi) is 6.05. The Hall–Kier alpha value is -2.09. The molecule has 1 amide bonds. The zero-order valence-corrected chi connectivity index (χ0v) is 15.7. The lowest BCUT2D eigenvalue weighted by Gasteiger charge is -2.12. The van der Waals surface area contributed by atoms with Crippen molar-refractivity contribution in [3.63, 3.8) is 0 Å². The summed E-state index contributed by atoms with van der Waals surface area (Å²) in [5, 5.41) is 3.12. The second kappa shape index (κ2) is 7.86. The fourth-order valence-corrected chi connectivity index (χ4v) is 3.59. The fourth-order valence-electron chi connectivity index (χ4n) is 2.21. The summed E-state index contributed by atoms with van der Waals surface area (Å²) in [5.74, 6) is 0.0748. The minimum absolute atomic E-state index is 0.0973. The molecule has 0 aromatic heterocycles. The minimum Gasteiger partial charge on any atom is -0.497 e. The molecule has 0 fully saturated rings. The van der Waals surface area contributed by atoms with E-state index in [1.165, 1.54) is 13.2 Å². The molecule has 0 aliphatic heterocycles. The molecule has 0 saturated heterocycles. The molecule has 0 aliphatic rings. The van der Waals surface area contributed by atoms with Gasteiger partial charge in [0.15, 0.2) is 0 Å². The Morgan fingerprint density at radius 1 is 1.12 bits per heavy atom. The second-order valence-electron chi connectivity index (χ2n) is 5.46. The Balaban J connectivity index is 2.06. The Bertz CT molecular complexity index is 898. The van der Waals surface area contributed by atoms with E-state index in [1.807, 2.05) is 6.92 Å². The van der Waals surface area contributed by atoms with Crippen LogP contribution in [0.5, 0.6) is 5.75 Å². The Morgan fingerprint density at radius 2 is 1.84 bits per heavy atom. The lowest BCUT2D eigenvalue weighted by atomic mass is 10.2. The van der Waals surface area contributed by atoms with Crippen LogP contribution in [0.25, 0.3) is 0 Å². The van der Waals surface area contributed by atoms with Crippen molar-refractivity contribution in [2.24, 2.45) is 0 Å². The van der Waals surface area contributed by atoms with Gasteiger partial charge in [0.05, 0.1) is 18.6 Å². The number of carbonyl (C=O) groups is 1. The van der Waals surface area contributed by atoms with E-state index in [0.29, 0.717) is 22.0 Å². The summed E-state index contributed by atoms with van der Waals surface area (Å²) in [4.78, 5) is 12.1. The number of aryl methyl sites for hydroxylation is 2. The van der Waals surface area contributed by atoms with Crippen LogP contribution in [-0.2, 0) is 14.8 Å². The van der Waals surface area contributed by atoms with Crippen molar-refractivity contribution in [2.75, 3.05) is 19.0 Å². The highest BCUT2D eigenvalue weighted by Crippen LogP contribution is 2.21. The standard InChI is InChI=1S/C17H19ClN2O4S/c1-11-4-5-13(18)9-15(11)20-17(21)10-19-25(22,23)16-7-6-14(24-3)8-12(16)2/h4-9,19H,10H2,1-3H3,(H,20,21). The molecule has 134 valence electrons. The zero-order valence-electron chi connectivity index (χ0n) is 14.1. The minimum atomic E-state index is -3.81. The van der Waals surface area contributed by atoms with E-state index in [2.05, 4.69) is 10.0 Å². The van der Waals surface area contributed by atoms with Gasteiger partial charge in [-0.05, 0) is 55.3 Å². The van der Waals surface area contributed by atoms with Gasteiger partial charge in [0.2, 0.25) is 15.9 Å². The topological polar surface area (TPSA) is 84.5 Å². The average Bonchev–Trinajstić information content (AvgIpc) is 2.56. The number of methoxy groups -OCH3 is 1. The maximum atomic E-state index is 12.4. The molecule has 2 aromatic rings. The van der Waals surface area contributed by atoms with Crippen LogP contribution in [0, 0.1) is 13.8 Å². The maximum absolute atomic E-state index is 12.4. The molecule has 8 heteroatoms. The first-order valence-electron chi connectivity index (χ1n) is 7.43. The van der Waals surface area contributed by atoms with Crippen LogP contribution < -0.4 is 14.8 Å². The summed E-state index contributed by atoms with van der Waals surface area (Å²) in [7, 11) is -2.31. The van der Waals surface area contributed by atoms with Crippen molar-refractivity contribution >= 4 is 33.2 Å². The van der Waals surface area contributed by atoms with Crippen LogP contribution in [0.15, 0.2) is 41.3 Å². The van der Waals surface area contributed by atoms with Crippen LogP contribution in [-0.4, -0.2) is 28.0 Å². The molecule has 0 bridgehead atoms. The van der Waals surface area contributed by atoms with Gasteiger partial charge in [0, 0.05) is 10.7 Å². The first-order valence-corrected chi connectivity index (χ1v) is 9.29. The summed E-state index contributed by atoms with van der Waals surface area (Å²) in [6, 6.07) is 9.69. The molecule has 25 heavy (non-hydrogen) atoms. The summed E-state index contributed by atoms with van der Waals surface area (Å²) in [5.41, 5.74) is 1.89. The summed E-state index contributed by atoms with van der Waals surface area (Å²) >= 11 is 5.90. The quantitative estimate of drug-likeness (QED) is 0.804. The van der Waals surface area contributed by atoms with Crippen LogP contribution in [0.4, 0.5) is 5.69 Å².